The van der Waals surface area contributed by atoms with Crippen LogP contribution in [0.4, 0.5) is 0 Å². The van der Waals surface area contributed by atoms with Gasteiger partial charge < -0.3 is 24.1 Å². The zero-order valence-electron chi connectivity index (χ0n) is 27.8. The van der Waals surface area contributed by atoms with Gasteiger partial charge >= 0.3 is 0 Å². The quantitative estimate of drug-likeness (QED) is 0.114. The highest BCUT2D eigenvalue weighted by molar-refractivity contribution is 5.84. The summed E-state index contributed by atoms with van der Waals surface area (Å²) < 4.78 is 23.7. The molecule has 0 saturated heterocycles. The first-order valence-corrected chi connectivity index (χ1v) is 15.7. The second kappa shape index (κ2) is 14.2. The number of allylic oxidation sites excluding steroid dienone is 4. The van der Waals surface area contributed by atoms with Crippen molar-refractivity contribution in [3.63, 3.8) is 0 Å². The maximum atomic E-state index is 12.2. The van der Waals surface area contributed by atoms with Crippen LogP contribution in [0.1, 0.15) is 99.8 Å². The maximum absolute atomic E-state index is 12.2. The first-order chi connectivity index (χ1) is 20.9. The predicted molar refractivity (Wildman–Crippen MR) is 178 cm³/mol. The van der Waals surface area contributed by atoms with Gasteiger partial charge in [0, 0.05) is 18.6 Å². The lowest BCUT2D eigenvalue weighted by Gasteiger charge is -2.55. The van der Waals surface area contributed by atoms with Crippen molar-refractivity contribution in [2.75, 3.05) is 21.0 Å². The Kier molecular flexibility index (Phi) is 10.8. The molecule has 0 amide bonds. The molecule has 1 saturated carbocycles. The van der Waals surface area contributed by atoms with Crippen molar-refractivity contribution in [2.24, 2.45) is 11.3 Å². The second-order valence-electron chi connectivity index (χ2n) is 13.4. The van der Waals surface area contributed by atoms with Crippen LogP contribution >= 0.6 is 0 Å². The third-order valence-corrected chi connectivity index (χ3v) is 9.47. The Morgan fingerprint density at radius 3 is 2.39 bits per heavy atom. The zero-order valence-corrected chi connectivity index (χ0v) is 27.8. The third kappa shape index (κ3) is 7.47. The van der Waals surface area contributed by atoms with Gasteiger partial charge in [-0.25, -0.2) is 0 Å². The monoisotopic (exact) mass is 602 g/mol. The largest absolute Gasteiger partial charge is 0.496 e. The molecule has 0 unspecified atom stereocenters. The Morgan fingerprint density at radius 2 is 1.73 bits per heavy atom. The van der Waals surface area contributed by atoms with Crippen molar-refractivity contribution in [3.05, 3.63) is 75.4 Å². The average Bonchev–Trinajstić information content (AvgIpc) is 2.99. The first kappa shape index (κ1) is 33.5. The number of carbonyl (C=O) groups is 1. The summed E-state index contributed by atoms with van der Waals surface area (Å²) in [5.74, 6) is 2.26. The number of aliphatic hydroxyl groups excluding tert-OH is 1. The van der Waals surface area contributed by atoms with Crippen LogP contribution in [-0.2, 0) is 17.6 Å². The van der Waals surface area contributed by atoms with Crippen LogP contribution in [0.5, 0.6) is 17.2 Å². The van der Waals surface area contributed by atoms with E-state index in [1.807, 2.05) is 30.4 Å². The number of hydrogen-bond acceptors (Lipinski definition) is 6. The summed E-state index contributed by atoms with van der Waals surface area (Å²) in [6.45, 7) is 12.9. The SMILES string of the molecule is COCOc1cc(/C=C/c2cc(C=O)c3c(c2)C[C@@H]2C(C)(C)[C@H](O)CC[C@@]2(C)O3)cc(OC)c1C/C=C(\C)CCC=C(C)C. The number of aliphatic hydroxyl groups is 1. The Bertz CT molecular complexity index is 1430. The predicted octanol–water partition coefficient (Wildman–Crippen LogP) is 8.39. The van der Waals surface area contributed by atoms with E-state index in [2.05, 4.69) is 59.8 Å². The van der Waals surface area contributed by atoms with Crippen molar-refractivity contribution >= 4 is 18.4 Å². The highest BCUT2D eigenvalue weighted by Gasteiger charge is 2.54. The molecular weight excluding hydrogens is 552 g/mol. The topological polar surface area (TPSA) is 74.2 Å². The Hall–Kier alpha value is -3.35. The number of carbonyl (C=O) groups excluding carboxylic acids is 1. The number of aldehydes is 1. The Labute approximate surface area is 263 Å². The van der Waals surface area contributed by atoms with Crippen LogP contribution in [-0.4, -0.2) is 44.1 Å². The second-order valence-corrected chi connectivity index (χ2v) is 13.4. The first-order valence-electron chi connectivity index (χ1n) is 15.7. The molecule has 1 aliphatic carbocycles. The van der Waals surface area contributed by atoms with E-state index in [-0.39, 0.29) is 24.2 Å². The van der Waals surface area contributed by atoms with E-state index in [4.69, 9.17) is 18.9 Å². The smallest absolute Gasteiger partial charge is 0.188 e. The fourth-order valence-electron chi connectivity index (χ4n) is 6.77. The molecule has 2 aliphatic rings. The number of hydrogen-bond donors (Lipinski definition) is 1. The summed E-state index contributed by atoms with van der Waals surface area (Å²) in [5.41, 5.74) is 6.28. The molecule has 1 aliphatic heterocycles. The van der Waals surface area contributed by atoms with Crippen molar-refractivity contribution in [1.82, 2.24) is 0 Å². The van der Waals surface area contributed by atoms with Crippen molar-refractivity contribution in [2.45, 2.75) is 91.8 Å². The fourth-order valence-corrected chi connectivity index (χ4v) is 6.77. The van der Waals surface area contributed by atoms with Crippen LogP contribution in [0.2, 0.25) is 0 Å². The molecule has 1 heterocycles. The minimum atomic E-state index is -0.416. The highest BCUT2D eigenvalue weighted by Crippen LogP contribution is 2.53. The molecule has 0 aromatic heterocycles. The summed E-state index contributed by atoms with van der Waals surface area (Å²) in [7, 11) is 3.28. The van der Waals surface area contributed by atoms with Gasteiger partial charge in [-0.15, -0.1) is 0 Å². The molecule has 238 valence electrons. The molecule has 6 nitrogen and oxygen atoms in total. The zero-order chi connectivity index (χ0) is 32.1. The van der Waals surface area contributed by atoms with Gasteiger partial charge in [-0.05, 0) is 113 Å². The van der Waals surface area contributed by atoms with E-state index in [1.54, 1.807) is 14.2 Å². The van der Waals surface area contributed by atoms with Crippen LogP contribution < -0.4 is 14.2 Å². The lowest BCUT2D eigenvalue weighted by atomic mass is 9.57. The summed E-state index contributed by atoms with van der Waals surface area (Å²) >= 11 is 0. The van der Waals surface area contributed by atoms with E-state index < -0.39 is 5.60 Å². The standard InChI is InChI=1S/C38H50O6/c1-25(2)10-9-11-26(3)12-15-31-32(42-8)20-28(21-33(31)43-24-41-7)14-13-27-18-29-22-34-37(4,5)35(40)16-17-38(34,6)44-36(29)30(19-27)23-39/h10,12-14,18-21,23,34-35,40H,9,11,15-17,22,24H2,1-8H3/b14-13+,26-12+/t34-,35-,38-/m1/s1. The number of ether oxygens (including phenoxy) is 4. The molecule has 1 fully saturated rings. The van der Waals surface area contributed by atoms with E-state index in [1.165, 1.54) is 11.1 Å². The minimum Gasteiger partial charge on any atom is -0.496 e. The molecule has 6 heteroatoms. The molecular formula is C38H50O6. The van der Waals surface area contributed by atoms with Crippen molar-refractivity contribution < 1.29 is 28.8 Å². The van der Waals surface area contributed by atoms with E-state index in [0.29, 0.717) is 29.9 Å². The molecule has 2 aromatic rings. The van der Waals surface area contributed by atoms with Crippen LogP contribution in [0.25, 0.3) is 12.2 Å². The molecule has 4 rings (SSSR count). The molecule has 0 bridgehead atoms. The van der Waals surface area contributed by atoms with Gasteiger partial charge in [0.2, 0.25) is 0 Å². The van der Waals surface area contributed by atoms with Crippen LogP contribution in [0, 0.1) is 11.3 Å². The van der Waals surface area contributed by atoms with E-state index in [0.717, 1.165) is 60.0 Å². The summed E-state index contributed by atoms with van der Waals surface area (Å²) in [5, 5.41) is 10.8. The van der Waals surface area contributed by atoms with Crippen LogP contribution in [0.15, 0.2) is 47.6 Å². The van der Waals surface area contributed by atoms with Gasteiger partial charge in [-0.1, -0.05) is 49.3 Å². The number of methoxy groups -OCH3 is 2. The van der Waals surface area contributed by atoms with Gasteiger partial charge in [0.15, 0.2) is 13.1 Å². The molecule has 44 heavy (non-hydrogen) atoms. The Balaban J connectivity index is 1.64. The molecule has 0 spiro atoms. The lowest BCUT2D eigenvalue weighted by molar-refractivity contribution is -0.137. The number of fused-ring (bicyclic) bond motifs is 2. The summed E-state index contributed by atoms with van der Waals surface area (Å²) in [6, 6.07) is 7.99. The number of benzene rings is 2. The summed E-state index contributed by atoms with van der Waals surface area (Å²) in [6.07, 6.45) is 13.9. The number of rotatable bonds is 12. The molecule has 0 radical (unpaired) electrons. The Morgan fingerprint density at radius 1 is 1.02 bits per heavy atom. The third-order valence-electron chi connectivity index (χ3n) is 9.47. The van der Waals surface area contributed by atoms with Gasteiger partial charge in [0.25, 0.3) is 0 Å². The van der Waals surface area contributed by atoms with Gasteiger partial charge in [0.05, 0.1) is 18.8 Å². The van der Waals surface area contributed by atoms with E-state index >= 15 is 0 Å². The van der Waals surface area contributed by atoms with Crippen molar-refractivity contribution in [1.29, 1.82) is 0 Å². The van der Waals surface area contributed by atoms with Gasteiger partial charge in [-0.3, -0.25) is 4.79 Å². The van der Waals surface area contributed by atoms with E-state index in [9.17, 15) is 9.90 Å². The summed E-state index contributed by atoms with van der Waals surface area (Å²) in [4.78, 5) is 12.2. The maximum Gasteiger partial charge on any atom is 0.188 e. The van der Waals surface area contributed by atoms with Crippen molar-refractivity contribution in [3.8, 4) is 17.2 Å². The fraction of sp³-hybridized carbons (Fsp3) is 0.500. The molecule has 3 atom stereocenters. The lowest BCUT2D eigenvalue weighted by Crippen LogP contribution is -2.58. The molecule has 2 aromatic carbocycles. The molecule has 1 N–H and O–H groups in total. The minimum absolute atomic E-state index is 0.130. The van der Waals surface area contributed by atoms with Gasteiger partial charge in [0.1, 0.15) is 22.8 Å². The normalized spacial score (nSPS) is 22.5. The van der Waals surface area contributed by atoms with Gasteiger partial charge in [-0.2, -0.15) is 0 Å². The highest BCUT2D eigenvalue weighted by atomic mass is 16.7. The average molecular weight is 603 g/mol. The van der Waals surface area contributed by atoms with Crippen LogP contribution in [0.3, 0.4) is 0 Å².